The standard InChI is InChI=1S/C15H18F5N3O.HI/c16-14(17)6-4-10(5-7-14)9-22-13(21)23-11-2-1-3-12(8-11)24-15(18,19)20;/h1-3,8,10H,4-7,9H2,(H3,21,22,23);1H. The number of halogens is 6. The molecular formula is C15H19F5IN3O. The van der Waals surface area contributed by atoms with Gasteiger partial charge in [-0.1, -0.05) is 6.07 Å². The number of benzene rings is 1. The minimum Gasteiger partial charge on any atom is -0.406 e. The highest BCUT2D eigenvalue weighted by molar-refractivity contribution is 14.0. The molecule has 0 spiro atoms. The van der Waals surface area contributed by atoms with Crippen LogP contribution in [0, 0.1) is 5.92 Å². The maximum atomic E-state index is 13.1. The zero-order chi connectivity index (χ0) is 17.8. The molecule has 1 saturated carbocycles. The van der Waals surface area contributed by atoms with E-state index in [-0.39, 0.29) is 60.1 Å². The van der Waals surface area contributed by atoms with Crippen molar-refractivity contribution in [3.05, 3.63) is 24.3 Å². The predicted molar refractivity (Wildman–Crippen MR) is 95.6 cm³/mol. The van der Waals surface area contributed by atoms with Gasteiger partial charge in [0.05, 0.1) is 0 Å². The summed E-state index contributed by atoms with van der Waals surface area (Å²) < 4.78 is 66.4. The van der Waals surface area contributed by atoms with Gasteiger partial charge in [0.1, 0.15) is 5.75 Å². The lowest BCUT2D eigenvalue weighted by atomic mass is 9.87. The van der Waals surface area contributed by atoms with Gasteiger partial charge in [-0.15, -0.1) is 37.1 Å². The fraction of sp³-hybridized carbons (Fsp3) is 0.533. The van der Waals surface area contributed by atoms with Crippen molar-refractivity contribution in [1.29, 1.82) is 0 Å². The minimum absolute atomic E-state index is 0. The number of ether oxygens (including phenoxy) is 1. The van der Waals surface area contributed by atoms with Crippen molar-refractivity contribution >= 4 is 35.6 Å². The molecule has 2 rings (SSSR count). The Balaban J connectivity index is 0.00000312. The van der Waals surface area contributed by atoms with Gasteiger partial charge in [-0.25, -0.2) is 8.78 Å². The van der Waals surface area contributed by atoms with Crippen LogP contribution in [0.4, 0.5) is 27.6 Å². The van der Waals surface area contributed by atoms with Gasteiger partial charge in [0.15, 0.2) is 5.96 Å². The third kappa shape index (κ3) is 8.06. The van der Waals surface area contributed by atoms with Crippen LogP contribution in [0.2, 0.25) is 0 Å². The Labute approximate surface area is 159 Å². The molecule has 1 fully saturated rings. The maximum Gasteiger partial charge on any atom is 0.573 e. The maximum absolute atomic E-state index is 13.1. The third-order valence-electron chi connectivity index (χ3n) is 3.70. The van der Waals surface area contributed by atoms with Crippen molar-refractivity contribution in [3.8, 4) is 5.75 Å². The molecule has 1 aromatic rings. The number of nitrogens with two attached hydrogens (primary N) is 1. The van der Waals surface area contributed by atoms with Gasteiger partial charge >= 0.3 is 6.36 Å². The first-order chi connectivity index (χ1) is 11.1. The van der Waals surface area contributed by atoms with E-state index in [0.29, 0.717) is 19.4 Å². The average molecular weight is 479 g/mol. The van der Waals surface area contributed by atoms with E-state index in [1.54, 1.807) is 0 Å². The second-order valence-corrected chi connectivity index (χ2v) is 5.73. The molecule has 0 aliphatic heterocycles. The molecule has 0 atom stereocenters. The van der Waals surface area contributed by atoms with E-state index < -0.39 is 12.3 Å². The van der Waals surface area contributed by atoms with E-state index in [2.05, 4.69) is 15.0 Å². The van der Waals surface area contributed by atoms with Crippen LogP contribution in [0.5, 0.6) is 5.75 Å². The summed E-state index contributed by atoms with van der Waals surface area (Å²) in [5.41, 5.74) is 5.97. The summed E-state index contributed by atoms with van der Waals surface area (Å²) in [6.07, 6.45) is -4.34. The molecule has 4 nitrogen and oxygen atoms in total. The molecule has 0 saturated heterocycles. The highest BCUT2D eigenvalue weighted by atomic mass is 127. The average Bonchev–Trinajstić information content (AvgIpc) is 2.44. The van der Waals surface area contributed by atoms with Crippen molar-refractivity contribution in [3.63, 3.8) is 0 Å². The first-order valence-corrected chi connectivity index (χ1v) is 7.43. The Morgan fingerprint density at radius 3 is 2.52 bits per heavy atom. The number of aliphatic imine (C=N–C) groups is 1. The number of nitrogens with zero attached hydrogens (tertiary/aromatic N) is 1. The Morgan fingerprint density at radius 2 is 1.92 bits per heavy atom. The fourth-order valence-corrected chi connectivity index (χ4v) is 2.47. The molecule has 0 bridgehead atoms. The molecule has 0 unspecified atom stereocenters. The third-order valence-corrected chi connectivity index (χ3v) is 3.70. The number of hydrogen-bond donors (Lipinski definition) is 2. The van der Waals surface area contributed by atoms with Crippen molar-refractivity contribution in [2.75, 3.05) is 11.9 Å². The van der Waals surface area contributed by atoms with Crippen molar-refractivity contribution in [2.45, 2.75) is 38.0 Å². The Bertz CT molecular complexity index is 585. The number of alkyl halides is 5. The summed E-state index contributed by atoms with van der Waals surface area (Å²) in [7, 11) is 0. The van der Waals surface area contributed by atoms with Crippen LogP contribution < -0.4 is 15.8 Å². The van der Waals surface area contributed by atoms with Crippen molar-refractivity contribution < 1.29 is 26.7 Å². The van der Waals surface area contributed by atoms with Crippen LogP contribution in [-0.4, -0.2) is 24.8 Å². The van der Waals surface area contributed by atoms with Gasteiger partial charge in [0, 0.05) is 31.1 Å². The van der Waals surface area contributed by atoms with E-state index in [1.807, 2.05) is 0 Å². The summed E-state index contributed by atoms with van der Waals surface area (Å²) >= 11 is 0. The number of rotatable bonds is 4. The summed E-state index contributed by atoms with van der Waals surface area (Å²) in [5.74, 6) is -2.93. The van der Waals surface area contributed by atoms with Crippen LogP contribution in [0.25, 0.3) is 0 Å². The van der Waals surface area contributed by atoms with Crippen LogP contribution in [0.15, 0.2) is 29.3 Å². The summed E-state index contributed by atoms with van der Waals surface area (Å²) in [4.78, 5) is 4.07. The fourth-order valence-electron chi connectivity index (χ4n) is 2.47. The van der Waals surface area contributed by atoms with E-state index >= 15 is 0 Å². The predicted octanol–water partition coefficient (Wildman–Crippen LogP) is 4.76. The molecule has 0 aromatic heterocycles. The Hall–Kier alpha value is -1.33. The monoisotopic (exact) mass is 479 g/mol. The highest BCUT2D eigenvalue weighted by Crippen LogP contribution is 2.36. The lowest BCUT2D eigenvalue weighted by Gasteiger charge is -2.27. The van der Waals surface area contributed by atoms with Crippen molar-refractivity contribution in [1.82, 2.24) is 0 Å². The van der Waals surface area contributed by atoms with Gasteiger partial charge < -0.3 is 15.8 Å². The van der Waals surface area contributed by atoms with E-state index in [1.165, 1.54) is 12.1 Å². The minimum atomic E-state index is -4.78. The molecule has 142 valence electrons. The van der Waals surface area contributed by atoms with Gasteiger partial charge in [-0.3, -0.25) is 4.99 Å². The molecule has 25 heavy (non-hydrogen) atoms. The van der Waals surface area contributed by atoms with E-state index in [4.69, 9.17) is 5.73 Å². The normalized spacial score (nSPS) is 18.4. The molecule has 10 heteroatoms. The van der Waals surface area contributed by atoms with Gasteiger partial charge in [0.2, 0.25) is 5.92 Å². The van der Waals surface area contributed by atoms with Crippen LogP contribution in [0.1, 0.15) is 25.7 Å². The SMILES string of the molecule is I.NC(=NCC1CCC(F)(F)CC1)Nc1cccc(OC(F)(F)F)c1. The Kier molecular flexibility index (Phi) is 7.69. The summed E-state index contributed by atoms with van der Waals surface area (Å²) in [6, 6.07) is 5.18. The van der Waals surface area contributed by atoms with E-state index in [9.17, 15) is 22.0 Å². The second-order valence-electron chi connectivity index (χ2n) is 5.73. The molecular weight excluding hydrogens is 460 g/mol. The van der Waals surface area contributed by atoms with Crippen LogP contribution in [-0.2, 0) is 0 Å². The van der Waals surface area contributed by atoms with Gasteiger partial charge in [0.25, 0.3) is 0 Å². The first kappa shape index (κ1) is 21.7. The summed E-state index contributed by atoms with van der Waals surface area (Å²) in [6.45, 7) is 0.299. The van der Waals surface area contributed by atoms with Gasteiger partial charge in [-0.05, 0) is 30.9 Å². The topological polar surface area (TPSA) is 59.6 Å². The first-order valence-electron chi connectivity index (χ1n) is 7.43. The molecule has 1 aliphatic rings. The van der Waals surface area contributed by atoms with Crippen LogP contribution in [0.3, 0.4) is 0 Å². The summed E-state index contributed by atoms with van der Waals surface area (Å²) in [5, 5.41) is 2.66. The molecule has 0 heterocycles. The smallest absolute Gasteiger partial charge is 0.406 e. The zero-order valence-corrected chi connectivity index (χ0v) is 15.5. The lowest BCUT2D eigenvalue weighted by molar-refractivity contribution is -0.274. The van der Waals surface area contributed by atoms with Crippen molar-refractivity contribution in [2.24, 2.45) is 16.6 Å². The quantitative estimate of drug-likeness (QED) is 0.284. The molecule has 0 amide bonds. The zero-order valence-electron chi connectivity index (χ0n) is 13.2. The number of guanidine groups is 1. The van der Waals surface area contributed by atoms with E-state index in [0.717, 1.165) is 12.1 Å². The molecule has 1 aliphatic carbocycles. The number of anilines is 1. The number of hydrogen-bond acceptors (Lipinski definition) is 2. The molecule has 1 aromatic carbocycles. The van der Waals surface area contributed by atoms with Crippen LogP contribution >= 0.6 is 24.0 Å². The largest absolute Gasteiger partial charge is 0.573 e. The second kappa shape index (κ2) is 8.86. The lowest BCUT2D eigenvalue weighted by Crippen LogP contribution is -2.28. The Morgan fingerprint density at radius 1 is 1.28 bits per heavy atom. The molecule has 0 radical (unpaired) electrons. The van der Waals surface area contributed by atoms with Gasteiger partial charge in [-0.2, -0.15) is 0 Å². The number of nitrogens with one attached hydrogen (secondary N) is 1. The highest BCUT2D eigenvalue weighted by Gasteiger charge is 2.34. The molecule has 3 N–H and O–H groups in total.